The van der Waals surface area contributed by atoms with Crippen molar-refractivity contribution in [1.82, 2.24) is 9.71 Å². The van der Waals surface area contributed by atoms with E-state index in [-0.39, 0.29) is 28.4 Å². The molecule has 0 radical (unpaired) electrons. The van der Waals surface area contributed by atoms with Gasteiger partial charge in [0.15, 0.2) is 11.5 Å². The van der Waals surface area contributed by atoms with Gasteiger partial charge >= 0.3 is 0 Å². The molecule has 9 nitrogen and oxygen atoms in total. The Labute approximate surface area is 214 Å². The number of nitrogens with zero attached hydrogens (tertiary/aromatic N) is 1. The number of rotatable bonds is 9. The van der Waals surface area contributed by atoms with Crippen molar-refractivity contribution in [2.24, 2.45) is 0 Å². The smallest absolute Gasteiger partial charge is 0.240 e. The van der Waals surface area contributed by atoms with Gasteiger partial charge in [-0.1, -0.05) is 31.2 Å². The molecule has 0 bridgehead atoms. The second-order valence-electron chi connectivity index (χ2n) is 8.95. The van der Waals surface area contributed by atoms with Crippen LogP contribution in [0.25, 0.3) is 11.3 Å². The number of carbonyl (C=O) groups is 1. The molecule has 1 amide bonds. The number of benzene rings is 2. The number of hydrogen-bond donors (Lipinski definition) is 3. The maximum Gasteiger partial charge on any atom is 0.240 e. The minimum absolute atomic E-state index is 0. The fourth-order valence-corrected chi connectivity index (χ4v) is 5.18. The van der Waals surface area contributed by atoms with E-state index < -0.39 is 21.5 Å². The molecule has 0 spiro atoms. The molecule has 1 fully saturated rings. The SMILES string of the molecule is CCC(O)CNS(=O)(=O)c1ccc(-c2cccc(NC(=O)C3(c4ccc5c(c4)OCO5)CC3)n2)cc1.[HH].[HH].[HH]. The molecule has 3 aromatic rings. The molecule has 1 unspecified atom stereocenters. The minimum atomic E-state index is -3.73. The predicted molar refractivity (Wildman–Crippen MR) is 140 cm³/mol. The van der Waals surface area contributed by atoms with Crippen LogP contribution in [0.3, 0.4) is 0 Å². The molecular formula is C26H33N3O6S. The Morgan fingerprint density at radius 1 is 1.11 bits per heavy atom. The molecule has 36 heavy (non-hydrogen) atoms. The zero-order chi connectivity index (χ0) is 25.3. The van der Waals surface area contributed by atoms with Gasteiger partial charge in [0.1, 0.15) is 5.82 Å². The lowest BCUT2D eigenvalue weighted by Gasteiger charge is -2.16. The van der Waals surface area contributed by atoms with Gasteiger partial charge in [0.2, 0.25) is 22.7 Å². The summed E-state index contributed by atoms with van der Waals surface area (Å²) in [6, 6.07) is 17.2. The Bertz CT molecular complexity index is 1400. The Morgan fingerprint density at radius 2 is 1.86 bits per heavy atom. The second kappa shape index (κ2) is 9.53. The van der Waals surface area contributed by atoms with E-state index in [0.717, 1.165) is 18.4 Å². The molecule has 1 aliphatic heterocycles. The summed E-state index contributed by atoms with van der Waals surface area (Å²) in [7, 11) is -3.73. The highest BCUT2D eigenvalue weighted by Gasteiger charge is 2.51. The molecule has 3 N–H and O–H groups in total. The van der Waals surface area contributed by atoms with E-state index in [1.807, 2.05) is 18.2 Å². The van der Waals surface area contributed by atoms with Crippen LogP contribution in [0.2, 0.25) is 0 Å². The van der Waals surface area contributed by atoms with Gasteiger partial charge < -0.3 is 19.9 Å². The highest BCUT2D eigenvalue weighted by atomic mass is 32.2. The number of anilines is 1. The van der Waals surface area contributed by atoms with Gasteiger partial charge in [-0.25, -0.2) is 18.1 Å². The lowest BCUT2D eigenvalue weighted by Crippen LogP contribution is -2.31. The molecule has 1 aromatic heterocycles. The standard InChI is InChI=1S/C26H27N3O6S.3H2/c1-2-19(30)15-27-36(32,33)20-9-6-17(7-10-20)21-4-3-5-24(28-21)29-25(31)26(12-13-26)18-8-11-22-23(14-18)35-16-34-22;;;/h3-11,14,19,27,30H,2,12-13,15-16H2,1H3,(H,28,29,31);3*1H. The van der Waals surface area contributed by atoms with Crippen molar-refractivity contribution in [3.05, 3.63) is 66.2 Å². The minimum Gasteiger partial charge on any atom is -0.454 e. The van der Waals surface area contributed by atoms with E-state index in [9.17, 15) is 18.3 Å². The third-order valence-corrected chi connectivity index (χ3v) is 7.98. The lowest BCUT2D eigenvalue weighted by atomic mass is 9.94. The van der Waals surface area contributed by atoms with Gasteiger partial charge in [0.25, 0.3) is 0 Å². The Balaban J connectivity index is 0.00000178. The fraction of sp³-hybridized carbons (Fsp3) is 0.308. The monoisotopic (exact) mass is 515 g/mol. The molecule has 194 valence electrons. The van der Waals surface area contributed by atoms with Crippen molar-refractivity contribution < 1.29 is 32.1 Å². The molecule has 1 atom stereocenters. The van der Waals surface area contributed by atoms with Crippen LogP contribution < -0.4 is 19.5 Å². The Kier molecular flexibility index (Phi) is 6.42. The maximum atomic E-state index is 13.2. The van der Waals surface area contributed by atoms with Gasteiger partial charge in [-0.05, 0) is 61.2 Å². The first-order valence-electron chi connectivity index (χ1n) is 11.8. The van der Waals surface area contributed by atoms with Crippen LogP contribution in [0.15, 0.2) is 65.6 Å². The molecule has 2 aliphatic rings. The largest absolute Gasteiger partial charge is 0.454 e. The summed E-state index contributed by atoms with van der Waals surface area (Å²) in [4.78, 5) is 17.9. The molecule has 10 heteroatoms. The number of pyridine rings is 1. The topological polar surface area (TPSA) is 127 Å². The van der Waals surface area contributed by atoms with Crippen LogP contribution in [0.4, 0.5) is 5.82 Å². The van der Waals surface area contributed by atoms with Crippen molar-refractivity contribution in [2.75, 3.05) is 18.7 Å². The van der Waals surface area contributed by atoms with Gasteiger partial charge in [0.05, 0.1) is 22.1 Å². The number of aromatic nitrogens is 1. The van der Waals surface area contributed by atoms with Crippen LogP contribution in [0.5, 0.6) is 11.5 Å². The quantitative estimate of drug-likeness (QED) is 0.394. The van der Waals surface area contributed by atoms with Crippen LogP contribution in [0, 0.1) is 0 Å². The van der Waals surface area contributed by atoms with E-state index in [2.05, 4.69) is 15.0 Å². The maximum absolute atomic E-state index is 13.2. The molecule has 5 rings (SSSR count). The van der Waals surface area contributed by atoms with E-state index in [1.165, 1.54) is 12.1 Å². The number of hydrogen-bond acceptors (Lipinski definition) is 7. The van der Waals surface area contributed by atoms with Gasteiger partial charge in [-0.2, -0.15) is 0 Å². The number of nitrogens with one attached hydrogen (secondary N) is 2. The van der Waals surface area contributed by atoms with Crippen LogP contribution in [0.1, 0.15) is 36.0 Å². The Hall–Kier alpha value is -3.47. The number of aliphatic hydroxyl groups is 1. The van der Waals surface area contributed by atoms with Crippen molar-refractivity contribution >= 4 is 21.7 Å². The first-order chi connectivity index (χ1) is 17.3. The van der Waals surface area contributed by atoms with Crippen molar-refractivity contribution in [2.45, 2.75) is 42.6 Å². The van der Waals surface area contributed by atoms with E-state index in [0.29, 0.717) is 35.0 Å². The molecular weight excluding hydrogens is 482 g/mol. The number of carbonyl (C=O) groups excluding carboxylic acids is 1. The third kappa shape index (κ3) is 4.79. The molecule has 1 saturated carbocycles. The zero-order valence-corrected chi connectivity index (χ0v) is 20.5. The van der Waals surface area contributed by atoms with Gasteiger partial charge in [0, 0.05) is 16.4 Å². The summed E-state index contributed by atoms with van der Waals surface area (Å²) >= 11 is 0. The number of ether oxygens (including phenoxy) is 2. The second-order valence-corrected chi connectivity index (χ2v) is 10.7. The summed E-state index contributed by atoms with van der Waals surface area (Å²) in [6.07, 6.45) is 1.19. The molecule has 2 heterocycles. The van der Waals surface area contributed by atoms with E-state index in [4.69, 9.17) is 9.47 Å². The predicted octanol–water partition coefficient (Wildman–Crippen LogP) is 3.93. The summed E-state index contributed by atoms with van der Waals surface area (Å²) in [6.45, 7) is 1.91. The summed E-state index contributed by atoms with van der Waals surface area (Å²) in [5.41, 5.74) is 1.57. The summed E-state index contributed by atoms with van der Waals surface area (Å²) in [5.74, 6) is 1.61. The highest BCUT2D eigenvalue weighted by molar-refractivity contribution is 7.89. The van der Waals surface area contributed by atoms with Crippen molar-refractivity contribution in [3.8, 4) is 22.8 Å². The van der Waals surface area contributed by atoms with Gasteiger partial charge in [-0.3, -0.25) is 4.79 Å². The number of amides is 1. The average molecular weight is 516 g/mol. The normalized spacial score (nSPS) is 16.4. The van der Waals surface area contributed by atoms with E-state index >= 15 is 0 Å². The fourth-order valence-electron chi connectivity index (χ4n) is 4.11. The highest BCUT2D eigenvalue weighted by Crippen LogP contribution is 2.51. The average Bonchev–Trinajstić information content (AvgIpc) is 3.58. The first kappa shape index (κ1) is 24.2. The van der Waals surface area contributed by atoms with Crippen LogP contribution in [-0.4, -0.2) is 43.9 Å². The van der Waals surface area contributed by atoms with Crippen LogP contribution in [-0.2, 0) is 20.2 Å². The van der Waals surface area contributed by atoms with Gasteiger partial charge in [-0.15, -0.1) is 0 Å². The first-order valence-corrected chi connectivity index (χ1v) is 13.3. The van der Waals surface area contributed by atoms with Crippen molar-refractivity contribution in [3.63, 3.8) is 0 Å². The van der Waals surface area contributed by atoms with Crippen molar-refractivity contribution in [1.29, 1.82) is 0 Å². The van der Waals surface area contributed by atoms with Crippen LogP contribution >= 0.6 is 0 Å². The molecule has 0 saturated heterocycles. The lowest BCUT2D eigenvalue weighted by molar-refractivity contribution is -0.118. The molecule has 2 aromatic carbocycles. The van der Waals surface area contributed by atoms with E-state index in [1.54, 1.807) is 37.3 Å². The zero-order valence-electron chi connectivity index (χ0n) is 19.7. The third-order valence-electron chi connectivity index (χ3n) is 6.54. The number of fused-ring (bicyclic) bond motifs is 1. The molecule has 1 aliphatic carbocycles. The number of aliphatic hydroxyl groups excluding tert-OH is 1. The number of sulfonamides is 1. The summed E-state index contributed by atoms with van der Waals surface area (Å²) < 4.78 is 38.2. The Morgan fingerprint density at radius 3 is 2.58 bits per heavy atom. The summed E-state index contributed by atoms with van der Waals surface area (Å²) in [5, 5.41) is 12.6.